The average Bonchev–Trinajstić information content (AvgIpc) is 2.98. The predicted octanol–water partition coefficient (Wildman–Crippen LogP) is 3.28. The van der Waals surface area contributed by atoms with Gasteiger partial charge in [-0.1, -0.05) is 23.5 Å². The molecule has 0 saturated carbocycles. The maximum absolute atomic E-state index is 12.0. The summed E-state index contributed by atoms with van der Waals surface area (Å²) in [6, 6.07) is 7.55. The maximum Gasteiger partial charge on any atom is 0.236 e. The highest BCUT2D eigenvalue weighted by Gasteiger charge is 2.22. The zero-order valence-corrected chi connectivity index (χ0v) is 16.0. The van der Waals surface area contributed by atoms with Crippen molar-refractivity contribution in [2.45, 2.75) is 26.2 Å². The second-order valence-corrected chi connectivity index (χ2v) is 8.01. The first-order valence-electron chi connectivity index (χ1n) is 8.28. The lowest BCUT2D eigenvalue weighted by Gasteiger charge is -2.06. The molecule has 1 aromatic heterocycles. The highest BCUT2D eigenvalue weighted by Crippen LogP contribution is 2.29. The topological polar surface area (TPSA) is 88.2 Å². The molecule has 2 amide bonds. The number of benzene rings is 1. The highest BCUT2D eigenvalue weighted by molar-refractivity contribution is 8.00. The van der Waals surface area contributed by atoms with Crippen LogP contribution in [0, 0.1) is 6.92 Å². The highest BCUT2D eigenvalue weighted by atomic mass is 32.2. The van der Waals surface area contributed by atoms with Crippen molar-refractivity contribution in [2.75, 3.05) is 22.1 Å². The maximum atomic E-state index is 12.0. The van der Waals surface area contributed by atoms with E-state index in [1.54, 1.807) is 0 Å². The van der Waals surface area contributed by atoms with E-state index >= 15 is 0 Å². The number of aromatic nitrogens is 1. The minimum atomic E-state index is -0.225. The third kappa shape index (κ3) is 4.92. The number of amides is 2. The van der Waals surface area contributed by atoms with Crippen molar-refractivity contribution in [3.05, 3.63) is 40.4 Å². The predicted molar refractivity (Wildman–Crippen MR) is 105 cm³/mol. The van der Waals surface area contributed by atoms with Crippen LogP contribution in [0.25, 0.3) is 0 Å². The van der Waals surface area contributed by atoms with Gasteiger partial charge < -0.3 is 10.6 Å². The van der Waals surface area contributed by atoms with E-state index in [0.717, 1.165) is 29.8 Å². The monoisotopic (exact) mass is 389 g/mol. The van der Waals surface area contributed by atoms with Crippen LogP contribution >= 0.6 is 23.1 Å². The van der Waals surface area contributed by atoms with E-state index in [2.05, 4.69) is 15.6 Å². The molecule has 0 spiro atoms. The molecule has 1 aromatic carbocycles. The molecule has 6 nitrogen and oxygen atoms in total. The van der Waals surface area contributed by atoms with E-state index in [-0.39, 0.29) is 29.1 Å². The Morgan fingerprint density at radius 1 is 1.19 bits per heavy atom. The van der Waals surface area contributed by atoms with Gasteiger partial charge in [-0.3, -0.25) is 14.4 Å². The zero-order valence-electron chi connectivity index (χ0n) is 14.3. The molecule has 26 heavy (non-hydrogen) atoms. The van der Waals surface area contributed by atoms with Crippen molar-refractivity contribution in [2.24, 2.45) is 0 Å². The first kappa shape index (κ1) is 18.6. The number of thiazole rings is 1. The van der Waals surface area contributed by atoms with Gasteiger partial charge in [0.25, 0.3) is 0 Å². The second kappa shape index (κ2) is 8.46. The number of rotatable bonds is 6. The lowest BCUT2D eigenvalue weighted by Crippen LogP contribution is -2.18. The number of Topliss-reactive ketones (excluding diaryl/α,β-unsaturated/α-hetero) is 1. The number of aryl methyl sites for hydroxylation is 2. The van der Waals surface area contributed by atoms with Crippen molar-refractivity contribution in [3.63, 3.8) is 0 Å². The van der Waals surface area contributed by atoms with E-state index in [4.69, 9.17) is 0 Å². The average molecular weight is 390 g/mol. The van der Waals surface area contributed by atoms with Crippen molar-refractivity contribution in [1.82, 2.24) is 4.98 Å². The molecule has 0 saturated heterocycles. The fourth-order valence-corrected chi connectivity index (χ4v) is 4.25. The van der Waals surface area contributed by atoms with Crippen molar-refractivity contribution in [3.8, 4) is 0 Å². The standard InChI is InChI=1S/C18H19N3O3S2/c1-11-4-2-5-12(8-11)19-15(23)9-25-10-16(24)21-18-20-13-6-3-7-14(22)17(13)26-18/h2,4-5,8H,3,6-7,9-10H2,1H3,(H,19,23)(H,20,21,24). The fourth-order valence-electron chi connectivity index (χ4n) is 2.63. The molecule has 1 aliphatic rings. The lowest BCUT2D eigenvalue weighted by molar-refractivity contribution is -0.114. The summed E-state index contributed by atoms with van der Waals surface area (Å²) in [6.45, 7) is 1.96. The number of ketones is 1. The van der Waals surface area contributed by atoms with Gasteiger partial charge in [0, 0.05) is 12.1 Å². The summed E-state index contributed by atoms with van der Waals surface area (Å²) in [6.07, 6.45) is 2.14. The molecule has 0 bridgehead atoms. The third-order valence-corrected chi connectivity index (χ3v) is 5.77. The summed E-state index contributed by atoms with van der Waals surface area (Å²) in [7, 11) is 0. The van der Waals surface area contributed by atoms with E-state index < -0.39 is 0 Å². The Labute approximate surface area is 159 Å². The van der Waals surface area contributed by atoms with Gasteiger partial charge in [-0.15, -0.1) is 11.8 Å². The lowest BCUT2D eigenvalue weighted by atomic mass is 10.0. The molecular formula is C18H19N3O3S2. The van der Waals surface area contributed by atoms with Crippen LogP contribution in [-0.4, -0.2) is 34.1 Å². The molecule has 0 aliphatic heterocycles. The molecule has 2 aromatic rings. The summed E-state index contributed by atoms with van der Waals surface area (Å²) in [5, 5.41) is 5.98. The summed E-state index contributed by atoms with van der Waals surface area (Å²) >= 11 is 2.47. The minimum absolute atomic E-state index is 0.103. The molecule has 136 valence electrons. The van der Waals surface area contributed by atoms with Gasteiger partial charge in [0.15, 0.2) is 10.9 Å². The molecule has 3 rings (SSSR count). The van der Waals surface area contributed by atoms with Crippen LogP contribution in [0.5, 0.6) is 0 Å². The Balaban J connectivity index is 1.43. The zero-order chi connectivity index (χ0) is 18.5. The molecule has 0 fully saturated rings. The number of anilines is 2. The van der Waals surface area contributed by atoms with Gasteiger partial charge in [-0.2, -0.15) is 0 Å². The SMILES string of the molecule is Cc1cccc(NC(=O)CSCC(=O)Nc2nc3c(s2)C(=O)CCC3)c1. The largest absolute Gasteiger partial charge is 0.325 e. The quantitative estimate of drug-likeness (QED) is 0.792. The number of nitrogens with one attached hydrogen (secondary N) is 2. The Morgan fingerprint density at radius 2 is 1.96 bits per heavy atom. The number of hydrogen-bond donors (Lipinski definition) is 2. The molecule has 0 radical (unpaired) electrons. The fraction of sp³-hybridized carbons (Fsp3) is 0.333. The molecular weight excluding hydrogens is 370 g/mol. The van der Waals surface area contributed by atoms with Gasteiger partial charge in [-0.25, -0.2) is 4.98 Å². The third-order valence-electron chi connectivity index (χ3n) is 3.78. The van der Waals surface area contributed by atoms with E-state index in [0.29, 0.717) is 16.4 Å². The second-order valence-electron chi connectivity index (χ2n) is 6.03. The number of thioether (sulfide) groups is 1. The molecule has 2 N–H and O–H groups in total. The van der Waals surface area contributed by atoms with Crippen molar-refractivity contribution >= 4 is 51.5 Å². The summed E-state index contributed by atoms with van der Waals surface area (Å²) in [5.74, 6) is 0.0697. The van der Waals surface area contributed by atoms with Gasteiger partial charge >= 0.3 is 0 Å². The van der Waals surface area contributed by atoms with Crippen LogP contribution in [0.15, 0.2) is 24.3 Å². The van der Waals surface area contributed by atoms with Gasteiger partial charge in [-0.05, 0) is 37.5 Å². The minimum Gasteiger partial charge on any atom is -0.325 e. The van der Waals surface area contributed by atoms with E-state index in [9.17, 15) is 14.4 Å². The first-order valence-corrected chi connectivity index (χ1v) is 10.3. The summed E-state index contributed by atoms with van der Waals surface area (Å²) < 4.78 is 0. The van der Waals surface area contributed by atoms with E-state index in [1.807, 2.05) is 31.2 Å². The molecule has 1 aliphatic carbocycles. The van der Waals surface area contributed by atoms with Crippen molar-refractivity contribution in [1.29, 1.82) is 0 Å². The molecule has 0 unspecified atom stereocenters. The number of carbonyl (C=O) groups is 3. The normalized spacial score (nSPS) is 13.2. The smallest absolute Gasteiger partial charge is 0.236 e. The number of carbonyl (C=O) groups excluding carboxylic acids is 3. The van der Waals surface area contributed by atoms with Crippen LogP contribution in [0.4, 0.5) is 10.8 Å². The van der Waals surface area contributed by atoms with Crippen LogP contribution in [0.1, 0.15) is 33.8 Å². The van der Waals surface area contributed by atoms with Gasteiger partial charge in [0.2, 0.25) is 11.8 Å². The molecule has 0 atom stereocenters. The van der Waals surface area contributed by atoms with Crippen LogP contribution in [0.2, 0.25) is 0 Å². The first-order chi connectivity index (χ1) is 12.5. The van der Waals surface area contributed by atoms with E-state index in [1.165, 1.54) is 23.1 Å². The Kier molecular flexibility index (Phi) is 6.05. The molecule has 8 heteroatoms. The van der Waals surface area contributed by atoms with Crippen LogP contribution in [0.3, 0.4) is 0 Å². The Bertz CT molecular complexity index is 848. The number of hydrogen-bond acceptors (Lipinski definition) is 6. The Hall–Kier alpha value is -2.19. The van der Waals surface area contributed by atoms with Gasteiger partial charge in [0.1, 0.15) is 0 Å². The number of fused-ring (bicyclic) bond motifs is 1. The number of nitrogens with zero attached hydrogens (tertiary/aromatic N) is 1. The van der Waals surface area contributed by atoms with Gasteiger partial charge in [0.05, 0.1) is 22.1 Å². The van der Waals surface area contributed by atoms with Crippen molar-refractivity contribution < 1.29 is 14.4 Å². The summed E-state index contributed by atoms with van der Waals surface area (Å²) in [5.41, 5.74) is 2.60. The van der Waals surface area contributed by atoms with Crippen LogP contribution < -0.4 is 10.6 Å². The molecule has 1 heterocycles. The van der Waals surface area contributed by atoms with Crippen LogP contribution in [-0.2, 0) is 16.0 Å². The summed E-state index contributed by atoms with van der Waals surface area (Å²) in [4.78, 5) is 40.7. The Morgan fingerprint density at radius 3 is 2.69 bits per heavy atom.